The molecule has 1 saturated heterocycles. The van der Waals surface area contributed by atoms with Crippen molar-refractivity contribution in [3.05, 3.63) is 11.4 Å². The largest absolute Gasteiger partial charge is 0.376 e. The maximum atomic E-state index is 11.8. The van der Waals surface area contributed by atoms with E-state index in [1.165, 1.54) is 6.20 Å². The van der Waals surface area contributed by atoms with Gasteiger partial charge in [-0.15, -0.1) is 0 Å². The van der Waals surface area contributed by atoms with E-state index < -0.39 is 6.04 Å². The predicted octanol–water partition coefficient (Wildman–Crippen LogP) is 1.55. The summed E-state index contributed by atoms with van der Waals surface area (Å²) >= 11 is 11.4. The van der Waals surface area contributed by atoms with Gasteiger partial charge in [0.2, 0.25) is 0 Å². The van der Waals surface area contributed by atoms with E-state index in [2.05, 4.69) is 5.32 Å². The smallest absolute Gasteiger partial charge is 0.267 e. The highest BCUT2D eigenvalue weighted by Gasteiger charge is 2.36. The maximum absolute atomic E-state index is 11.8. The van der Waals surface area contributed by atoms with Crippen molar-refractivity contribution < 1.29 is 9.53 Å². The molecule has 15 heavy (non-hydrogen) atoms. The third-order valence-electron chi connectivity index (χ3n) is 2.62. The van der Waals surface area contributed by atoms with Gasteiger partial charge in [0.25, 0.3) is 5.91 Å². The fraction of sp³-hybridized carbons (Fsp3) is 0.667. The second-order valence-electron chi connectivity index (χ2n) is 3.64. The fourth-order valence-corrected chi connectivity index (χ4v) is 2.11. The van der Waals surface area contributed by atoms with Crippen molar-refractivity contribution in [1.82, 2.24) is 9.74 Å². The van der Waals surface area contributed by atoms with Gasteiger partial charge >= 0.3 is 0 Å². The minimum atomic E-state index is -0.412. The Bertz CT molecular complexity index is 290. The third kappa shape index (κ3) is 2.22. The van der Waals surface area contributed by atoms with Crippen LogP contribution in [0.3, 0.4) is 0 Å². The number of carbonyl (C=O) groups is 1. The lowest BCUT2D eigenvalue weighted by Crippen LogP contribution is -2.52. The van der Waals surface area contributed by atoms with E-state index in [-0.39, 0.29) is 17.2 Å². The van der Waals surface area contributed by atoms with Crippen LogP contribution < -0.4 is 5.32 Å². The SMILES string of the molecule is O=C1C(C2CCCCO2)NC=C(Cl)N1Cl. The molecule has 1 amide bonds. The molecule has 2 atom stereocenters. The van der Waals surface area contributed by atoms with Gasteiger partial charge in [-0.3, -0.25) is 4.79 Å². The fourth-order valence-electron chi connectivity index (χ4n) is 1.81. The number of nitrogens with zero attached hydrogens (tertiary/aromatic N) is 1. The van der Waals surface area contributed by atoms with Crippen LogP contribution in [0.5, 0.6) is 0 Å². The molecule has 2 heterocycles. The molecule has 84 valence electrons. The molecule has 0 aromatic carbocycles. The second-order valence-corrected chi connectivity index (χ2v) is 4.36. The molecular weight excluding hydrogens is 239 g/mol. The summed E-state index contributed by atoms with van der Waals surface area (Å²) in [4.78, 5) is 11.8. The maximum Gasteiger partial charge on any atom is 0.267 e. The number of rotatable bonds is 1. The Morgan fingerprint density at radius 2 is 2.33 bits per heavy atom. The van der Waals surface area contributed by atoms with Gasteiger partial charge in [-0.05, 0) is 19.3 Å². The Kier molecular flexibility index (Phi) is 3.38. The van der Waals surface area contributed by atoms with Crippen LogP contribution in [0, 0.1) is 0 Å². The van der Waals surface area contributed by atoms with Gasteiger partial charge in [-0.25, -0.2) is 4.42 Å². The zero-order valence-corrected chi connectivity index (χ0v) is 9.59. The highest BCUT2D eigenvalue weighted by molar-refractivity contribution is 6.37. The van der Waals surface area contributed by atoms with Crippen LogP contribution in [-0.4, -0.2) is 29.1 Å². The van der Waals surface area contributed by atoms with Crippen LogP contribution >= 0.6 is 23.4 Å². The Labute approximate surface area is 98.3 Å². The van der Waals surface area contributed by atoms with Gasteiger partial charge in [0.05, 0.1) is 6.10 Å². The lowest BCUT2D eigenvalue weighted by molar-refractivity contribution is -0.133. The number of ether oxygens (including phenoxy) is 1. The molecule has 2 aliphatic heterocycles. The molecule has 2 rings (SSSR count). The van der Waals surface area contributed by atoms with Crippen LogP contribution in [0.4, 0.5) is 0 Å². The monoisotopic (exact) mass is 250 g/mol. The number of carbonyl (C=O) groups excluding carboxylic acids is 1. The van der Waals surface area contributed by atoms with Crippen molar-refractivity contribution in [3.8, 4) is 0 Å². The Balaban J connectivity index is 2.06. The van der Waals surface area contributed by atoms with Crippen LogP contribution in [-0.2, 0) is 9.53 Å². The lowest BCUT2D eigenvalue weighted by Gasteiger charge is -2.33. The average molecular weight is 251 g/mol. The second kappa shape index (κ2) is 4.60. The van der Waals surface area contributed by atoms with Gasteiger partial charge < -0.3 is 10.1 Å². The topological polar surface area (TPSA) is 41.6 Å². The molecule has 0 saturated carbocycles. The van der Waals surface area contributed by atoms with Gasteiger partial charge in [0.1, 0.15) is 11.2 Å². The van der Waals surface area contributed by atoms with Crippen molar-refractivity contribution in [3.63, 3.8) is 0 Å². The summed E-state index contributed by atoms with van der Waals surface area (Å²) in [6.45, 7) is 0.704. The number of halogens is 2. The summed E-state index contributed by atoms with van der Waals surface area (Å²) in [5.74, 6) is -0.254. The van der Waals surface area contributed by atoms with Gasteiger partial charge in [-0.2, -0.15) is 0 Å². The van der Waals surface area contributed by atoms with Gasteiger partial charge in [-0.1, -0.05) is 11.6 Å². The first-order valence-corrected chi connectivity index (χ1v) is 5.65. The molecule has 2 aliphatic rings. The van der Waals surface area contributed by atoms with E-state index in [4.69, 9.17) is 28.1 Å². The molecule has 6 heteroatoms. The van der Waals surface area contributed by atoms with Crippen molar-refractivity contribution in [2.75, 3.05) is 6.61 Å². The number of hydrogen-bond acceptors (Lipinski definition) is 3. The molecule has 0 bridgehead atoms. The van der Waals surface area contributed by atoms with E-state index in [0.29, 0.717) is 6.61 Å². The van der Waals surface area contributed by atoms with Crippen LogP contribution in [0.25, 0.3) is 0 Å². The number of hydrogen-bond donors (Lipinski definition) is 1. The summed E-state index contributed by atoms with van der Waals surface area (Å²) < 4.78 is 6.46. The molecule has 0 aliphatic carbocycles. The quantitative estimate of drug-likeness (QED) is 0.567. The highest BCUT2D eigenvalue weighted by atomic mass is 35.5. The summed E-state index contributed by atoms with van der Waals surface area (Å²) in [7, 11) is 0. The van der Waals surface area contributed by atoms with E-state index in [9.17, 15) is 4.79 Å². The van der Waals surface area contributed by atoms with Crippen molar-refractivity contribution >= 4 is 29.3 Å². The van der Waals surface area contributed by atoms with E-state index in [1.54, 1.807) is 0 Å². The Morgan fingerprint density at radius 3 is 3.00 bits per heavy atom. The predicted molar refractivity (Wildman–Crippen MR) is 57.1 cm³/mol. The van der Waals surface area contributed by atoms with Crippen LogP contribution in [0.2, 0.25) is 0 Å². The molecule has 0 radical (unpaired) electrons. The van der Waals surface area contributed by atoms with E-state index >= 15 is 0 Å². The first kappa shape index (κ1) is 11.0. The van der Waals surface area contributed by atoms with Crippen molar-refractivity contribution in [2.45, 2.75) is 31.4 Å². The number of amides is 1. The van der Waals surface area contributed by atoms with Gasteiger partial charge in [0.15, 0.2) is 0 Å². The standard InChI is InChI=1S/C9H12Cl2N2O2/c10-7-5-12-8(9(14)13(7)11)6-3-1-2-4-15-6/h5-6,8,12H,1-4H2. The Hall–Kier alpha value is -0.450. The molecule has 0 spiro atoms. The molecule has 1 fully saturated rings. The van der Waals surface area contributed by atoms with Gasteiger partial charge in [0, 0.05) is 24.6 Å². The normalized spacial score (nSPS) is 32.3. The van der Waals surface area contributed by atoms with E-state index in [0.717, 1.165) is 23.7 Å². The minimum absolute atomic E-state index is 0.103. The molecule has 1 N–H and O–H groups in total. The average Bonchev–Trinajstić information content (AvgIpc) is 2.27. The van der Waals surface area contributed by atoms with Crippen LogP contribution in [0.1, 0.15) is 19.3 Å². The molecule has 0 aromatic rings. The first-order chi connectivity index (χ1) is 7.20. The number of nitrogens with one attached hydrogen (secondary N) is 1. The van der Waals surface area contributed by atoms with E-state index in [1.807, 2.05) is 0 Å². The molecular formula is C9H12Cl2N2O2. The minimum Gasteiger partial charge on any atom is -0.376 e. The summed E-state index contributed by atoms with van der Waals surface area (Å²) in [6, 6.07) is -0.412. The first-order valence-electron chi connectivity index (χ1n) is 4.93. The van der Waals surface area contributed by atoms with Crippen molar-refractivity contribution in [2.24, 2.45) is 0 Å². The Morgan fingerprint density at radius 1 is 1.53 bits per heavy atom. The third-order valence-corrected chi connectivity index (χ3v) is 3.33. The summed E-state index contributed by atoms with van der Waals surface area (Å²) in [5.41, 5.74) is 0. The highest BCUT2D eigenvalue weighted by Crippen LogP contribution is 2.23. The summed E-state index contributed by atoms with van der Waals surface area (Å²) in [5, 5.41) is 3.11. The zero-order valence-electron chi connectivity index (χ0n) is 8.08. The molecule has 2 unspecified atom stereocenters. The lowest BCUT2D eigenvalue weighted by atomic mass is 10.0. The molecule has 0 aromatic heterocycles. The zero-order chi connectivity index (χ0) is 10.8. The summed E-state index contributed by atoms with van der Waals surface area (Å²) in [6.07, 6.45) is 4.43. The van der Waals surface area contributed by atoms with Crippen LogP contribution in [0.15, 0.2) is 11.4 Å². The molecule has 4 nitrogen and oxygen atoms in total. The van der Waals surface area contributed by atoms with Crippen molar-refractivity contribution in [1.29, 1.82) is 0 Å².